The lowest BCUT2D eigenvalue weighted by molar-refractivity contribution is 0.515. The smallest absolute Gasteiger partial charge is 0.0624 e. The van der Waals surface area contributed by atoms with E-state index in [1.807, 2.05) is 17.9 Å². The van der Waals surface area contributed by atoms with Crippen LogP contribution in [0.2, 0.25) is 0 Å². The zero-order valence-electron chi connectivity index (χ0n) is 12.9. The molecule has 1 atom stereocenters. The Kier molecular flexibility index (Phi) is 4.95. The molecule has 0 saturated carbocycles. The summed E-state index contributed by atoms with van der Waals surface area (Å²) in [4.78, 5) is 0. The van der Waals surface area contributed by atoms with E-state index < -0.39 is 0 Å². The Bertz CT molecular complexity index is 540. The first-order chi connectivity index (χ1) is 9.67. The molecule has 1 N–H and O–H groups in total. The van der Waals surface area contributed by atoms with Crippen LogP contribution in [-0.4, -0.2) is 26.1 Å². The van der Waals surface area contributed by atoms with Crippen LogP contribution in [0.4, 0.5) is 0 Å². The molecule has 0 spiro atoms. The van der Waals surface area contributed by atoms with Crippen LogP contribution in [0, 0.1) is 0 Å². The van der Waals surface area contributed by atoms with Crippen molar-refractivity contribution in [1.29, 1.82) is 0 Å². The Morgan fingerprint density at radius 2 is 2.10 bits per heavy atom. The molecule has 2 rings (SSSR count). The van der Waals surface area contributed by atoms with Gasteiger partial charge >= 0.3 is 0 Å². The van der Waals surface area contributed by atoms with Crippen molar-refractivity contribution in [3.8, 4) is 0 Å². The van der Waals surface area contributed by atoms with Gasteiger partial charge in [0.05, 0.1) is 11.9 Å². The van der Waals surface area contributed by atoms with Crippen LogP contribution in [0.1, 0.15) is 43.8 Å². The molecule has 2 aromatic rings. The molecule has 0 saturated heterocycles. The van der Waals surface area contributed by atoms with E-state index in [4.69, 9.17) is 0 Å². The van der Waals surface area contributed by atoms with Crippen LogP contribution in [0.25, 0.3) is 0 Å². The summed E-state index contributed by atoms with van der Waals surface area (Å²) in [6, 6.07) is 2.52. The van der Waals surface area contributed by atoms with Gasteiger partial charge in [0.2, 0.25) is 0 Å². The van der Waals surface area contributed by atoms with Crippen molar-refractivity contribution in [2.75, 3.05) is 6.54 Å². The molecule has 2 aromatic heterocycles. The van der Waals surface area contributed by atoms with Crippen LogP contribution in [0.3, 0.4) is 0 Å². The summed E-state index contributed by atoms with van der Waals surface area (Å²) in [7, 11) is 1.96. The molecule has 0 aliphatic heterocycles. The molecule has 0 amide bonds. The number of rotatable bonds is 7. The normalized spacial score (nSPS) is 12.8. The van der Waals surface area contributed by atoms with Crippen molar-refractivity contribution in [2.24, 2.45) is 7.05 Å². The summed E-state index contributed by atoms with van der Waals surface area (Å²) in [6.45, 7) is 8.29. The van der Waals surface area contributed by atoms with E-state index in [2.05, 4.69) is 53.2 Å². The van der Waals surface area contributed by atoms with Crippen molar-refractivity contribution in [1.82, 2.24) is 24.9 Å². The number of hydrogen-bond donors (Lipinski definition) is 1. The second-order valence-corrected chi connectivity index (χ2v) is 5.06. The third-order valence-electron chi connectivity index (χ3n) is 3.57. The molecule has 110 valence electrons. The van der Waals surface area contributed by atoms with Crippen LogP contribution < -0.4 is 5.32 Å². The maximum absolute atomic E-state index is 4.63. The van der Waals surface area contributed by atoms with Crippen LogP contribution >= 0.6 is 0 Å². The molecule has 0 fully saturated rings. The fraction of sp³-hybridized carbons (Fsp3) is 0.600. The minimum atomic E-state index is 0.292. The lowest BCUT2D eigenvalue weighted by Crippen LogP contribution is -2.23. The largest absolute Gasteiger partial charge is 0.310 e. The molecule has 0 aliphatic rings. The van der Waals surface area contributed by atoms with Crippen molar-refractivity contribution >= 4 is 0 Å². The monoisotopic (exact) mass is 275 g/mol. The van der Waals surface area contributed by atoms with E-state index in [9.17, 15) is 0 Å². The molecule has 20 heavy (non-hydrogen) atoms. The molecule has 0 bridgehead atoms. The number of likely N-dealkylation sites (N-methyl/N-ethyl adjacent to an activating group) is 1. The lowest BCUT2D eigenvalue weighted by Gasteiger charge is -2.16. The number of hydrogen-bond acceptors (Lipinski definition) is 3. The highest BCUT2D eigenvalue weighted by Gasteiger charge is 2.16. The highest BCUT2D eigenvalue weighted by atomic mass is 15.3. The number of nitrogens with one attached hydrogen (secondary N) is 1. The first-order valence-electron chi connectivity index (χ1n) is 7.45. The van der Waals surface area contributed by atoms with E-state index in [0.717, 1.165) is 25.9 Å². The van der Waals surface area contributed by atoms with E-state index in [-0.39, 0.29) is 0 Å². The molecule has 0 aliphatic carbocycles. The molecule has 2 heterocycles. The number of nitrogens with zero attached hydrogens (tertiary/aromatic N) is 4. The number of aryl methyl sites for hydroxylation is 3. The number of aromatic nitrogens is 4. The van der Waals surface area contributed by atoms with Gasteiger partial charge in [-0.25, -0.2) is 0 Å². The average Bonchev–Trinajstić information content (AvgIpc) is 3.04. The van der Waals surface area contributed by atoms with Gasteiger partial charge in [-0.3, -0.25) is 9.36 Å². The summed E-state index contributed by atoms with van der Waals surface area (Å²) >= 11 is 0. The van der Waals surface area contributed by atoms with Gasteiger partial charge < -0.3 is 5.32 Å². The Morgan fingerprint density at radius 3 is 2.65 bits per heavy atom. The first kappa shape index (κ1) is 14.8. The summed E-state index contributed by atoms with van der Waals surface area (Å²) in [6.07, 6.45) is 5.96. The predicted octanol–water partition coefficient (Wildman–Crippen LogP) is 2.09. The third-order valence-corrected chi connectivity index (χ3v) is 3.57. The minimum absolute atomic E-state index is 0.292. The summed E-state index contributed by atoms with van der Waals surface area (Å²) < 4.78 is 3.97. The lowest BCUT2D eigenvalue weighted by atomic mass is 10.0. The standard InChI is InChI=1S/C15H25N5/c1-5-13-8-14(20(7-3)18-13)9-15(16-6-2)12-10-17-19(4)11-12/h8,10-11,15-16H,5-7,9H2,1-4H3. The van der Waals surface area contributed by atoms with Gasteiger partial charge in [-0.1, -0.05) is 13.8 Å². The van der Waals surface area contributed by atoms with Crippen molar-refractivity contribution in [2.45, 2.75) is 46.2 Å². The summed E-state index contributed by atoms with van der Waals surface area (Å²) in [5.74, 6) is 0. The second-order valence-electron chi connectivity index (χ2n) is 5.06. The Balaban J connectivity index is 2.21. The first-order valence-corrected chi connectivity index (χ1v) is 7.45. The fourth-order valence-corrected chi connectivity index (χ4v) is 2.51. The van der Waals surface area contributed by atoms with Gasteiger partial charge in [0.25, 0.3) is 0 Å². The summed E-state index contributed by atoms with van der Waals surface area (Å²) in [5.41, 5.74) is 3.69. The molecule has 1 unspecified atom stereocenters. The molecule has 0 aromatic carbocycles. The van der Waals surface area contributed by atoms with E-state index in [1.54, 1.807) is 0 Å². The zero-order chi connectivity index (χ0) is 14.5. The van der Waals surface area contributed by atoms with Gasteiger partial charge in [-0.2, -0.15) is 10.2 Å². The van der Waals surface area contributed by atoms with Gasteiger partial charge in [0, 0.05) is 43.5 Å². The van der Waals surface area contributed by atoms with E-state index in [1.165, 1.54) is 17.0 Å². The van der Waals surface area contributed by atoms with Gasteiger partial charge in [0.15, 0.2) is 0 Å². The fourth-order valence-electron chi connectivity index (χ4n) is 2.51. The van der Waals surface area contributed by atoms with Gasteiger partial charge in [-0.15, -0.1) is 0 Å². The quantitative estimate of drug-likeness (QED) is 0.841. The van der Waals surface area contributed by atoms with Crippen LogP contribution in [0.15, 0.2) is 18.5 Å². The topological polar surface area (TPSA) is 47.7 Å². The van der Waals surface area contributed by atoms with Gasteiger partial charge in [-0.05, 0) is 26.0 Å². The highest BCUT2D eigenvalue weighted by molar-refractivity contribution is 5.17. The molecule has 5 heteroatoms. The Morgan fingerprint density at radius 1 is 1.30 bits per heavy atom. The average molecular weight is 275 g/mol. The van der Waals surface area contributed by atoms with Crippen molar-refractivity contribution in [3.05, 3.63) is 35.4 Å². The van der Waals surface area contributed by atoms with Crippen LogP contribution in [-0.2, 0) is 26.4 Å². The summed E-state index contributed by atoms with van der Waals surface area (Å²) in [5, 5.41) is 12.5. The van der Waals surface area contributed by atoms with Gasteiger partial charge in [0.1, 0.15) is 0 Å². The van der Waals surface area contributed by atoms with Crippen molar-refractivity contribution < 1.29 is 0 Å². The van der Waals surface area contributed by atoms with E-state index >= 15 is 0 Å². The minimum Gasteiger partial charge on any atom is -0.310 e. The highest BCUT2D eigenvalue weighted by Crippen LogP contribution is 2.19. The Hall–Kier alpha value is -1.62. The molecular formula is C15H25N5. The molecule has 0 radical (unpaired) electrons. The van der Waals surface area contributed by atoms with E-state index in [0.29, 0.717) is 6.04 Å². The maximum Gasteiger partial charge on any atom is 0.0624 e. The van der Waals surface area contributed by atoms with Crippen LogP contribution in [0.5, 0.6) is 0 Å². The second kappa shape index (κ2) is 6.70. The Labute approximate surface area is 121 Å². The molecular weight excluding hydrogens is 250 g/mol. The maximum atomic E-state index is 4.63. The SMILES string of the molecule is CCNC(Cc1cc(CC)nn1CC)c1cnn(C)c1. The third kappa shape index (κ3) is 3.28. The molecule has 5 nitrogen and oxygen atoms in total. The predicted molar refractivity (Wildman–Crippen MR) is 80.6 cm³/mol. The van der Waals surface area contributed by atoms with Crippen molar-refractivity contribution in [3.63, 3.8) is 0 Å². The zero-order valence-corrected chi connectivity index (χ0v) is 12.9.